The van der Waals surface area contributed by atoms with Crippen molar-refractivity contribution in [3.63, 3.8) is 0 Å². The number of nitrogens with one attached hydrogen (secondary N) is 1. The van der Waals surface area contributed by atoms with Crippen LogP contribution in [-0.4, -0.2) is 12.5 Å². The van der Waals surface area contributed by atoms with Gasteiger partial charge in [-0.05, 0) is 47.4 Å². The first-order valence-electron chi connectivity index (χ1n) is 7.89. The Hall–Kier alpha value is -1.82. The lowest BCUT2D eigenvalue weighted by molar-refractivity contribution is -0.137. The van der Waals surface area contributed by atoms with E-state index < -0.39 is 17.6 Å². The third-order valence-corrected chi connectivity index (χ3v) is 5.44. The zero-order valence-corrected chi connectivity index (χ0v) is 13.8. The summed E-state index contributed by atoms with van der Waals surface area (Å²) in [5, 5.41) is 6.81. The molecule has 0 saturated heterocycles. The Balaban J connectivity index is 1.79. The molecule has 1 fully saturated rings. The number of carbonyl (C=O) groups excluding carboxylic acids is 1. The summed E-state index contributed by atoms with van der Waals surface area (Å²) in [4.78, 5) is 12.4. The van der Waals surface area contributed by atoms with Crippen LogP contribution in [0.15, 0.2) is 41.1 Å². The van der Waals surface area contributed by atoms with Crippen LogP contribution in [0.2, 0.25) is 0 Å². The normalized spacial score (nSPS) is 17.0. The molecule has 1 aliphatic rings. The molecule has 0 unspecified atom stereocenters. The van der Waals surface area contributed by atoms with E-state index in [1.54, 1.807) is 11.3 Å². The van der Waals surface area contributed by atoms with Crippen molar-refractivity contribution in [2.24, 2.45) is 0 Å². The fraction of sp³-hybridized carbons (Fsp3) is 0.389. The molecule has 1 aliphatic carbocycles. The predicted molar refractivity (Wildman–Crippen MR) is 88.2 cm³/mol. The molecule has 0 aliphatic heterocycles. The topological polar surface area (TPSA) is 29.1 Å². The first-order chi connectivity index (χ1) is 11.4. The molecule has 128 valence electrons. The zero-order chi connectivity index (χ0) is 17.2. The molecule has 1 amide bonds. The van der Waals surface area contributed by atoms with Gasteiger partial charge in [0.25, 0.3) is 5.91 Å². The number of hydrogen-bond donors (Lipinski definition) is 1. The van der Waals surface area contributed by atoms with Crippen molar-refractivity contribution in [3.8, 4) is 0 Å². The summed E-state index contributed by atoms with van der Waals surface area (Å²) in [6.45, 7) is 0.370. The van der Waals surface area contributed by atoms with Gasteiger partial charge in [0.15, 0.2) is 0 Å². The van der Waals surface area contributed by atoms with E-state index in [2.05, 4.69) is 10.7 Å². The minimum Gasteiger partial charge on any atom is -0.351 e. The summed E-state index contributed by atoms with van der Waals surface area (Å²) in [6.07, 6.45) is -0.488. The SMILES string of the molecule is O=C(NCC1(c2ccsc2)CCCC1)c1ccccc1C(F)(F)F. The molecule has 0 radical (unpaired) electrons. The number of amides is 1. The van der Waals surface area contributed by atoms with Gasteiger partial charge in [0.1, 0.15) is 0 Å². The lowest BCUT2D eigenvalue weighted by Gasteiger charge is -2.29. The fourth-order valence-electron chi connectivity index (χ4n) is 3.46. The maximum Gasteiger partial charge on any atom is 0.417 e. The van der Waals surface area contributed by atoms with Crippen LogP contribution >= 0.6 is 11.3 Å². The van der Waals surface area contributed by atoms with Crippen molar-refractivity contribution in [1.82, 2.24) is 5.32 Å². The monoisotopic (exact) mass is 353 g/mol. The first kappa shape index (κ1) is 17.0. The van der Waals surface area contributed by atoms with Gasteiger partial charge in [-0.25, -0.2) is 0 Å². The maximum atomic E-state index is 13.1. The highest BCUT2D eigenvalue weighted by molar-refractivity contribution is 7.08. The molecule has 2 nitrogen and oxygen atoms in total. The molecular formula is C18H18F3NOS. The Morgan fingerprint density at radius 3 is 2.50 bits per heavy atom. The number of hydrogen-bond acceptors (Lipinski definition) is 2. The second-order valence-electron chi connectivity index (χ2n) is 6.23. The summed E-state index contributed by atoms with van der Waals surface area (Å²) in [5.74, 6) is -0.663. The highest BCUT2D eigenvalue weighted by atomic mass is 32.1. The second-order valence-corrected chi connectivity index (χ2v) is 7.01. The highest BCUT2D eigenvalue weighted by Crippen LogP contribution is 2.41. The summed E-state index contributed by atoms with van der Waals surface area (Å²) in [6, 6.07) is 6.97. The minimum absolute atomic E-state index is 0.150. The van der Waals surface area contributed by atoms with Crippen LogP contribution < -0.4 is 5.32 Å². The Bertz CT molecular complexity index is 703. The van der Waals surface area contributed by atoms with E-state index in [0.717, 1.165) is 31.7 Å². The van der Waals surface area contributed by atoms with E-state index in [0.29, 0.717) is 6.54 Å². The van der Waals surface area contributed by atoms with Gasteiger partial charge in [-0.1, -0.05) is 25.0 Å². The van der Waals surface area contributed by atoms with Crippen LogP contribution in [0.3, 0.4) is 0 Å². The van der Waals surface area contributed by atoms with Crippen LogP contribution in [0.4, 0.5) is 13.2 Å². The Morgan fingerprint density at radius 1 is 1.17 bits per heavy atom. The molecule has 6 heteroatoms. The average Bonchev–Trinajstić information content (AvgIpc) is 3.24. The molecule has 1 aromatic heterocycles. The first-order valence-corrected chi connectivity index (χ1v) is 8.84. The van der Waals surface area contributed by atoms with Gasteiger partial charge >= 0.3 is 6.18 Å². The van der Waals surface area contributed by atoms with Crippen molar-refractivity contribution in [3.05, 3.63) is 57.8 Å². The van der Waals surface area contributed by atoms with E-state index in [-0.39, 0.29) is 11.0 Å². The van der Waals surface area contributed by atoms with Crippen LogP contribution in [0.5, 0.6) is 0 Å². The van der Waals surface area contributed by atoms with Gasteiger partial charge in [0.05, 0.1) is 11.1 Å². The van der Waals surface area contributed by atoms with Crippen molar-refractivity contribution in [1.29, 1.82) is 0 Å². The molecule has 0 atom stereocenters. The highest BCUT2D eigenvalue weighted by Gasteiger charge is 2.38. The van der Waals surface area contributed by atoms with Gasteiger partial charge in [-0.15, -0.1) is 0 Å². The van der Waals surface area contributed by atoms with Crippen LogP contribution in [0.1, 0.15) is 47.2 Å². The number of rotatable bonds is 4. The van der Waals surface area contributed by atoms with Crippen molar-refractivity contribution >= 4 is 17.2 Å². The molecule has 0 bridgehead atoms. The van der Waals surface area contributed by atoms with E-state index in [4.69, 9.17) is 0 Å². The molecule has 3 rings (SSSR count). The van der Waals surface area contributed by atoms with Gasteiger partial charge in [-0.2, -0.15) is 24.5 Å². The number of halogens is 3. The molecule has 2 aromatic rings. The van der Waals surface area contributed by atoms with Crippen LogP contribution in [-0.2, 0) is 11.6 Å². The lowest BCUT2D eigenvalue weighted by Crippen LogP contribution is -2.39. The number of carbonyl (C=O) groups is 1. The van der Waals surface area contributed by atoms with Gasteiger partial charge in [0.2, 0.25) is 0 Å². The van der Waals surface area contributed by atoms with Gasteiger partial charge in [0, 0.05) is 12.0 Å². The maximum absolute atomic E-state index is 13.1. The quantitative estimate of drug-likeness (QED) is 0.823. The average molecular weight is 353 g/mol. The predicted octanol–water partition coefficient (Wildman–Crippen LogP) is 5.01. The summed E-state index contributed by atoms with van der Waals surface area (Å²) >= 11 is 1.60. The van der Waals surface area contributed by atoms with Crippen molar-refractivity contribution < 1.29 is 18.0 Å². The fourth-order valence-corrected chi connectivity index (χ4v) is 4.24. The molecule has 24 heavy (non-hydrogen) atoms. The lowest BCUT2D eigenvalue weighted by atomic mass is 9.80. The number of thiophene rings is 1. The van der Waals surface area contributed by atoms with Crippen LogP contribution in [0, 0.1) is 0 Å². The molecular weight excluding hydrogens is 335 g/mol. The zero-order valence-electron chi connectivity index (χ0n) is 13.0. The summed E-state index contributed by atoms with van der Waals surface area (Å²) < 4.78 is 39.2. The minimum atomic E-state index is -4.54. The summed E-state index contributed by atoms with van der Waals surface area (Å²) in [7, 11) is 0. The third kappa shape index (κ3) is 3.34. The van der Waals surface area contributed by atoms with Crippen LogP contribution in [0.25, 0.3) is 0 Å². The number of benzene rings is 1. The summed E-state index contributed by atoms with van der Waals surface area (Å²) in [5.41, 5.74) is -0.181. The smallest absolute Gasteiger partial charge is 0.351 e. The molecule has 1 saturated carbocycles. The molecule has 1 heterocycles. The largest absolute Gasteiger partial charge is 0.417 e. The van der Waals surface area contributed by atoms with Crippen molar-refractivity contribution in [2.75, 3.05) is 6.54 Å². The molecule has 1 N–H and O–H groups in total. The van der Waals surface area contributed by atoms with E-state index >= 15 is 0 Å². The standard InChI is InChI=1S/C18H18F3NOS/c19-18(20,21)15-6-2-1-5-14(15)16(23)22-12-17(8-3-4-9-17)13-7-10-24-11-13/h1-2,5-7,10-11H,3-4,8-9,12H2,(H,22,23). The third-order valence-electron chi connectivity index (χ3n) is 4.76. The van der Waals surface area contributed by atoms with E-state index in [9.17, 15) is 18.0 Å². The molecule has 0 spiro atoms. The van der Waals surface area contributed by atoms with E-state index in [1.165, 1.54) is 23.8 Å². The Labute approximate surface area is 142 Å². The molecule has 1 aromatic carbocycles. The Kier molecular flexibility index (Phi) is 4.67. The van der Waals surface area contributed by atoms with Crippen molar-refractivity contribution in [2.45, 2.75) is 37.3 Å². The van der Waals surface area contributed by atoms with Gasteiger partial charge < -0.3 is 5.32 Å². The van der Waals surface area contributed by atoms with E-state index in [1.807, 2.05) is 11.4 Å². The second kappa shape index (κ2) is 6.59. The van der Waals surface area contributed by atoms with Gasteiger partial charge in [-0.3, -0.25) is 4.79 Å². The Morgan fingerprint density at radius 2 is 1.88 bits per heavy atom. The number of alkyl halides is 3.